The van der Waals surface area contributed by atoms with Gasteiger partial charge in [0.15, 0.2) is 5.13 Å². The largest absolute Gasteiger partial charge is 0.493 e. The first-order valence-corrected chi connectivity index (χ1v) is 11.7. The number of rotatable bonds is 7. The molecule has 1 aromatic heterocycles. The summed E-state index contributed by atoms with van der Waals surface area (Å²) in [4.78, 5) is 33.7. The van der Waals surface area contributed by atoms with Crippen molar-refractivity contribution in [2.24, 2.45) is 0 Å². The number of aryl methyl sites for hydroxylation is 1. The fourth-order valence-electron chi connectivity index (χ4n) is 3.57. The van der Waals surface area contributed by atoms with E-state index in [0.29, 0.717) is 17.3 Å². The number of nitrogens with zero attached hydrogens (tertiary/aromatic N) is 3. The summed E-state index contributed by atoms with van der Waals surface area (Å²) in [5.74, 6) is 0.651. The molecular weight excluding hydrogens is 424 g/mol. The topological polar surface area (TPSA) is 74.8 Å². The van der Waals surface area contributed by atoms with E-state index in [4.69, 9.17) is 4.74 Å². The maximum Gasteiger partial charge on any atom is 0.253 e. The molecule has 32 heavy (non-hydrogen) atoms. The SMILES string of the molecule is CCc1ccc(OCCC(=O)Nc2nc3ccc(C(=O)N4CCN(C)CC4)cc3s2)cc1. The number of fused-ring (bicyclic) bond motifs is 1. The monoisotopic (exact) mass is 452 g/mol. The van der Waals surface area contributed by atoms with Crippen molar-refractivity contribution in [3.05, 3.63) is 53.6 Å². The van der Waals surface area contributed by atoms with Gasteiger partial charge in [-0.3, -0.25) is 9.59 Å². The third-order valence-electron chi connectivity index (χ3n) is 5.60. The van der Waals surface area contributed by atoms with E-state index in [1.807, 2.05) is 47.4 Å². The van der Waals surface area contributed by atoms with Crippen LogP contribution in [0.15, 0.2) is 42.5 Å². The van der Waals surface area contributed by atoms with Crippen LogP contribution in [0.2, 0.25) is 0 Å². The van der Waals surface area contributed by atoms with Crippen LogP contribution in [0.25, 0.3) is 10.2 Å². The Balaban J connectivity index is 1.32. The lowest BCUT2D eigenvalue weighted by molar-refractivity contribution is -0.116. The highest BCUT2D eigenvalue weighted by Crippen LogP contribution is 2.27. The Hall–Kier alpha value is -2.97. The standard InChI is InChI=1S/C24H28N4O3S/c1-3-17-4-7-19(8-5-17)31-15-10-22(29)26-24-25-20-9-6-18(16-21(20)32-24)23(30)28-13-11-27(2)12-14-28/h4-9,16H,3,10-15H2,1-2H3,(H,25,26,29). The third-order valence-corrected chi connectivity index (χ3v) is 6.54. The van der Waals surface area contributed by atoms with Crippen molar-refractivity contribution in [2.75, 3.05) is 45.2 Å². The fraction of sp³-hybridized carbons (Fsp3) is 0.375. The quantitative estimate of drug-likeness (QED) is 0.592. The molecule has 3 aromatic rings. The van der Waals surface area contributed by atoms with Crippen molar-refractivity contribution in [1.82, 2.24) is 14.8 Å². The van der Waals surface area contributed by atoms with Gasteiger partial charge in [-0.25, -0.2) is 4.98 Å². The van der Waals surface area contributed by atoms with E-state index < -0.39 is 0 Å². The molecular formula is C24H28N4O3S. The maximum absolute atomic E-state index is 12.8. The number of benzene rings is 2. The predicted molar refractivity (Wildman–Crippen MR) is 128 cm³/mol. The molecule has 1 aliphatic rings. The summed E-state index contributed by atoms with van der Waals surface area (Å²) in [6.45, 7) is 5.65. The number of amides is 2. The van der Waals surface area contributed by atoms with E-state index in [2.05, 4.69) is 29.2 Å². The van der Waals surface area contributed by atoms with Crippen molar-refractivity contribution in [2.45, 2.75) is 19.8 Å². The molecule has 2 amide bonds. The van der Waals surface area contributed by atoms with Crippen LogP contribution in [0.1, 0.15) is 29.3 Å². The zero-order valence-electron chi connectivity index (χ0n) is 18.5. The molecule has 0 unspecified atom stereocenters. The summed E-state index contributed by atoms with van der Waals surface area (Å²) in [7, 11) is 2.07. The molecule has 2 heterocycles. The Morgan fingerprint density at radius 2 is 1.84 bits per heavy atom. The van der Waals surface area contributed by atoms with E-state index in [1.165, 1.54) is 16.9 Å². The van der Waals surface area contributed by atoms with Crippen LogP contribution < -0.4 is 10.1 Å². The summed E-state index contributed by atoms with van der Waals surface area (Å²) in [5.41, 5.74) is 2.68. The molecule has 0 saturated carbocycles. The second-order valence-corrected chi connectivity index (χ2v) is 8.97. The lowest BCUT2D eigenvalue weighted by atomic mass is 10.1. The Bertz CT molecular complexity index is 1090. The molecule has 1 saturated heterocycles. The van der Waals surface area contributed by atoms with Crippen LogP contribution in [0.4, 0.5) is 5.13 Å². The highest BCUT2D eigenvalue weighted by molar-refractivity contribution is 7.22. The molecule has 0 atom stereocenters. The van der Waals surface area contributed by atoms with Gasteiger partial charge in [0, 0.05) is 31.7 Å². The van der Waals surface area contributed by atoms with Crippen molar-refractivity contribution >= 4 is 38.5 Å². The molecule has 8 heteroatoms. The van der Waals surface area contributed by atoms with E-state index in [-0.39, 0.29) is 18.2 Å². The predicted octanol–water partition coefficient (Wildman–Crippen LogP) is 3.65. The lowest BCUT2D eigenvalue weighted by Gasteiger charge is -2.32. The molecule has 2 aromatic carbocycles. The third kappa shape index (κ3) is 5.44. The van der Waals surface area contributed by atoms with Gasteiger partial charge in [0.25, 0.3) is 5.91 Å². The van der Waals surface area contributed by atoms with Gasteiger partial charge in [-0.1, -0.05) is 30.4 Å². The number of hydrogen-bond donors (Lipinski definition) is 1. The van der Waals surface area contributed by atoms with Gasteiger partial charge in [-0.15, -0.1) is 0 Å². The van der Waals surface area contributed by atoms with Gasteiger partial charge in [0.05, 0.1) is 23.2 Å². The van der Waals surface area contributed by atoms with Gasteiger partial charge >= 0.3 is 0 Å². The minimum Gasteiger partial charge on any atom is -0.493 e. The molecule has 1 fully saturated rings. The van der Waals surface area contributed by atoms with Crippen molar-refractivity contribution in [3.63, 3.8) is 0 Å². The van der Waals surface area contributed by atoms with E-state index in [1.54, 1.807) is 0 Å². The maximum atomic E-state index is 12.8. The van der Waals surface area contributed by atoms with Gasteiger partial charge in [-0.2, -0.15) is 0 Å². The van der Waals surface area contributed by atoms with Crippen molar-refractivity contribution < 1.29 is 14.3 Å². The minimum absolute atomic E-state index is 0.0445. The van der Waals surface area contributed by atoms with Gasteiger partial charge < -0.3 is 19.9 Å². The van der Waals surface area contributed by atoms with Crippen LogP contribution >= 0.6 is 11.3 Å². The number of hydrogen-bond acceptors (Lipinski definition) is 6. The Labute approximate surface area is 192 Å². The first-order chi connectivity index (χ1) is 15.5. The Kier molecular flexibility index (Phi) is 7.02. The number of carbonyl (C=O) groups is 2. The molecule has 0 bridgehead atoms. The second kappa shape index (κ2) is 10.1. The smallest absolute Gasteiger partial charge is 0.253 e. The van der Waals surface area contributed by atoms with Crippen LogP contribution in [0, 0.1) is 0 Å². The number of aromatic nitrogens is 1. The van der Waals surface area contributed by atoms with Crippen LogP contribution in [0.3, 0.4) is 0 Å². The number of anilines is 1. The normalized spacial score (nSPS) is 14.5. The fourth-order valence-corrected chi connectivity index (χ4v) is 4.49. The van der Waals surface area contributed by atoms with Gasteiger partial charge in [0.2, 0.25) is 5.91 Å². The zero-order valence-corrected chi connectivity index (χ0v) is 19.3. The zero-order chi connectivity index (χ0) is 22.5. The average molecular weight is 453 g/mol. The number of piperazine rings is 1. The van der Waals surface area contributed by atoms with Crippen molar-refractivity contribution in [3.8, 4) is 5.75 Å². The number of nitrogens with one attached hydrogen (secondary N) is 1. The molecule has 0 radical (unpaired) electrons. The molecule has 4 rings (SSSR count). The number of ether oxygens (including phenoxy) is 1. The average Bonchev–Trinajstić information content (AvgIpc) is 3.21. The highest BCUT2D eigenvalue weighted by Gasteiger charge is 2.21. The van der Waals surface area contributed by atoms with Crippen LogP contribution in [0.5, 0.6) is 5.75 Å². The first-order valence-electron chi connectivity index (χ1n) is 10.9. The van der Waals surface area contributed by atoms with Crippen LogP contribution in [-0.2, 0) is 11.2 Å². The second-order valence-electron chi connectivity index (χ2n) is 7.94. The minimum atomic E-state index is -0.150. The highest BCUT2D eigenvalue weighted by atomic mass is 32.1. The Morgan fingerprint density at radius 1 is 1.09 bits per heavy atom. The van der Waals surface area contributed by atoms with Crippen molar-refractivity contribution in [1.29, 1.82) is 0 Å². The molecule has 7 nitrogen and oxygen atoms in total. The van der Waals surface area contributed by atoms with Gasteiger partial charge in [0.1, 0.15) is 5.75 Å². The summed E-state index contributed by atoms with van der Waals surface area (Å²) in [6, 6.07) is 13.4. The number of carbonyl (C=O) groups excluding carboxylic acids is 2. The molecule has 0 spiro atoms. The summed E-state index contributed by atoms with van der Waals surface area (Å²) < 4.78 is 6.54. The number of thiazole rings is 1. The molecule has 1 aliphatic heterocycles. The number of likely N-dealkylation sites (N-methyl/N-ethyl adjacent to an activating group) is 1. The van der Waals surface area contributed by atoms with Crippen LogP contribution in [-0.4, -0.2) is 66.4 Å². The molecule has 168 valence electrons. The van der Waals surface area contributed by atoms with E-state index >= 15 is 0 Å². The summed E-state index contributed by atoms with van der Waals surface area (Å²) in [5, 5.41) is 3.37. The lowest BCUT2D eigenvalue weighted by Crippen LogP contribution is -2.47. The molecule has 1 N–H and O–H groups in total. The van der Waals surface area contributed by atoms with Gasteiger partial charge in [-0.05, 0) is 49.4 Å². The van der Waals surface area contributed by atoms with E-state index in [9.17, 15) is 9.59 Å². The van der Waals surface area contributed by atoms with E-state index in [0.717, 1.165) is 48.6 Å². The molecule has 0 aliphatic carbocycles. The Morgan fingerprint density at radius 3 is 2.56 bits per heavy atom. The summed E-state index contributed by atoms with van der Waals surface area (Å²) >= 11 is 1.38. The summed E-state index contributed by atoms with van der Waals surface area (Å²) in [6.07, 6.45) is 1.22. The first kappa shape index (κ1) is 22.2.